The molecule has 1 aliphatic rings. The third kappa shape index (κ3) is 4.57. The first kappa shape index (κ1) is 18.5. The number of benzene rings is 1. The quantitative estimate of drug-likeness (QED) is 0.838. The predicted molar refractivity (Wildman–Crippen MR) is 95.1 cm³/mol. The zero-order chi connectivity index (χ0) is 17.7. The monoisotopic (exact) mass is 331 g/mol. The van der Waals surface area contributed by atoms with Gasteiger partial charge in [0, 0.05) is 19.5 Å². The van der Waals surface area contributed by atoms with Gasteiger partial charge in [-0.1, -0.05) is 51.1 Å². The summed E-state index contributed by atoms with van der Waals surface area (Å²) in [5, 5.41) is 2.93. The molecule has 5 nitrogen and oxygen atoms in total. The van der Waals surface area contributed by atoms with Crippen LogP contribution in [0.4, 0.5) is 0 Å². The Hall–Kier alpha value is -1.88. The Morgan fingerprint density at radius 3 is 2.50 bits per heavy atom. The van der Waals surface area contributed by atoms with E-state index in [1.54, 1.807) is 0 Å². The molecule has 1 fully saturated rings. The molecule has 3 N–H and O–H groups in total. The van der Waals surface area contributed by atoms with Crippen molar-refractivity contribution in [1.29, 1.82) is 0 Å². The van der Waals surface area contributed by atoms with Crippen molar-refractivity contribution >= 4 is 11.8 Å². The van der Waals surface area contributed by atoms with E-state index in [4.69, 9.17) is 5.73 Å². The molecule has 1 heterocycles. The van der Waals surface area contributed by atoms with E-state index in [0.717, 1.165) is 12.0 Å². The fourth-order valence-electron chi connectivity index (χ4n) is 3.08. The smallest absolute Gasteiger partial charge is 0.249 e. The largest absolute Gasteiger partial charge is 0.341 e. The maximum Gasteiger partial charge on any atom is 0.249 e. The molecule has 2 rings (SSSR count). The van der Waals surface area contributed by atoms with Crippen molar-refractivity contribution in [3.63, 3.8) is 0 Å². The van der Waals surface area contributed by atoms with Gasteiger partial charge in [0.05, 0.1) is 0 Å². The summed E-state index contributed by atoms with van der Waals surface area (Å²) >= 11 is 0. The molecule has 5 heteroatoms. The van der Waals surface area contributed by atoms with Crippen LogP contribution in [0.25, 0.3) is 0 Å². The topological polar surface area (TPSA) is 75.4 Å². The molecule has 1 saturated heterocycles. The third-order valence-corrected chi connectivity index (χ3v) is 4.64. The zero-order valence-corrected chi connectivity index (χ0v) is 14.9. The third-order valence-electron chi connectivity index (χ3n) is 4.64. The molecule has 0 aliphatic carbocycles. The molecule has 2 unspecified atom stereocenters. The Morgan fingerprint density at radius 1 is 1.29 bits per heavy atom. The van der Waals surface area contributed by atoms with E-state index < -0.39 is 6.04 Å². The average Bonchev–Trinajstić information content (AvgIpc) is 2.95. The summed E-state index contributed by atoms with van der Waals surface area (Å²) < 4.78 is 0. The molecule has 0 aromatic heterocycles. The highest BCUT2D eigenvalue weighted by Gasteiger charge is 2.38. The highest BCUT2D eigenvalue weighted by atomic mass is 16.2. The summed E-state index contributed by atoms with van der Waals surface area (Å²) in [5.41, 5.74) is 6.64. The normalized spacial score (nSPS) is 21.8. The minimum Gasteiger partial charge on any atom is -0.341 e. The second-order valence-electron chi connectivity index (χ2n) is 7.53. The van der Waals surface area contributed by atoms with Gasteiger partial charge in [0.2, 0.25) is 11.8 Å². The molecule has 0 spiro atoms. The number of hydrogen-bond donors (Lipinski definition) is 2. The van der Waals surface area contributed by atoms with Gasteiger partial charge in [-0.25, -0.2) is 0 Å². The minimum atomic E-state index is -0.627. The lowest BCUT2D eigenvalue weighted by atomic mass is 9.90. The standard InChI is InChI=1S/C19H29N3O2/c1-14(2)11-16(23)21-17(15-7-5-4-6-8-15)18(24)22-10-9-19(3,12-20)13-22/h4-8,14,17H,9-13,20H2,1-3H3,(H,21,23). The van der Waals surface area contributed by atoms with Gasteiger partial charge in [-0.15, -0.1) is 0 Å². The molecule has 0 saturated carbocycles. The molecule has 0 bridgehead atoms. The van der Waals surface area contributed by atoms with Crippen LogP contribution in [0, 0.1) is 11.3 Å². The fraction of sp³-hybridized carbons (Fsp3) is 0.579. The van der Waals surface area contributed by atoms with Crippen LogP contribution in [-0.4, -0.2) is 36.3 Å². The van der Waals surface area contributed by atoms with Gasteiger partial charge < -0.3 is 16.0 Å². The maximum absolute atomic E-state index is 13.0. The van der Waals surface area contributed by atoms with Crippen LogP contribution in [0.3, 0.4) is 0 Å². The lowest BCUT2D eigenvalue weighted by Crippen LogP contribution is -2.43. The van der Waals surface area contributed by atoms with Crippen LogP contribution in [-0.2, 0) is 9.59 Å². The number of amides is 2. The van der Waals surface area contributed by atoms with Gasteiger partial charge >= 0.3 is 0 Å². The molecule has 1 aromatic carbocycles. The van der Waals surface area contributed by atoms with Gasteiger partial charge in [0.15, 0.2) is 0 Å². The van der Waals surface area contributed by atoms with Crippen molar-refractivity contribution in [2.24, 2.45) is 17.1 Å². The summed E-state index contributed by atoms with van der Waals surface area (Å²) in [4.78, 5) is 27.1. The van der Waals surface area contributed by atoms with E-state index in [9.17, 15) is 9.59 Å². The zero-order valence-electron chi connectivity index (χ0n) is 14.9. The number of likely N-dealkylation sites (tertiary alicyclic amines) is 1. The minimum absolute atomic E-state index is 0.0289. The Morgan fingerprint density at radius 2 is 1.96 bits per heavy atom. The molecule has 2 amide bonds. The summed E-state index contributed by atoms with van der Waals surface area (Å²) in [6.07, 6.45) is 1.31. The van der Waals surface area contributed by atoms with E-state index in [1.165, 1.54) is 0 Å². The number of carbonyl (C=O) groups excluding carboxylic acids is 2. The lowest BCUT2D eigenvalue weighted by molar-refractivity contribution is -0.136. The van der Waals surface area contributed by atoms with E-state index >= 15 is 0 Å². The fourth-order valence-corrected chi connectivity index (χ4v) is 3.08. The second kappa shape index (κ2) is 7.79. The number of carbonyl (C=O) groups is 2. The number of nitrogens with two attached hydrogens (primary N) is 1. The van der Waals surface area contributed by atoms with Crippen LogP contribution < -0.4 is 11.1 Å². The van der Waals surface area contributed by atoms with Gasteiger partial charge in [0.25, 0.3) is 0 Å². The first-order chi connectivity index (χ1) is 11.3. The van der Waals surface area contributed by atoms with E-state index in [-0.39, 0.29) is 23.1 Å². The number of nitrogens with zero attached hydrogens (tertiary/aromatic N) is 1. The van der Waals surface area contributed by atoms with Crippen molar-refractivity contribution in [1.82, 2.24) is 10.2 Å². The number of nitrogens with one attached hydrogen (secondary N) is 1. The highest BCUT2D eigenvalue weighted by Crippen LogP contribution is 2.30. The van der Waals surface area contributed by atoms with Crippen molar-refractivity contribution in [2.45, 2.75) is 39.7 Å². The van der Waals surface area contributed by atoms with Crippen LogP contribution in [0.1, 0.15) is 45.2 Å². The van der Waals surface area contributed by atoms with Crippen LogP contribution in [0.15, 0.2) is 30.3 Å². The SMILES string of the molecule is CC(C)CC(=O)NC(C(=O)N1CCC(C)(CN)C1)c1ccccc1. The maximum atomic E-state index is 13.0. The molecular formula is C19H29N3O2. The highest BCUT2D eigenvalue weighted by molar-refractivity contribution is 5.89. The molecule has 1 aliphatic heterocycles. The van der Waals surface area contributed by atoms with E-state index in [2.05, 4.69) is 12.2 Å². The molecule has 2 atom stereocenters. The molecule has 24 heavy (non-hydrogen) atoms. The lowest BCUT2D eigenvalue weighted by Gasteiger charge is -2.27. The Kier molecular flexibility index (Phi) is 5.99. The van der Waals surface area contributed by atoms with Crippen LogP contribution >= 0.6 is 0 Å². The van der Waals surface area contributed by atoms with Crippen molar-refractivity contribution in [3.05, 3.63) is 35.9 Å². The Labute approximate surface area is 144 Å². The summed E-state index contributed by atoms with van der Waals surface area (Å²) in [7, 11) is 0. The average molecular weight is 331 g/mol. The molecule has 0 radical (unpaired) electrons. The first-order valence-electron chi connectivity index (χ1n) is 8.68. The van der Waals surface area contributed by atoms with Crippen molar-refractivity contribution < 1.29 is 9.59 Å². The van der Waals surface area contributed by atoms with Crippen molar-refractivity contribution in [3.8, 4) is 0 Å². The molecule has 1 aromatic rings. The Bertz CT molecular complexity index is 573. The van der Waals surface area contributed by atoms with Crippen molar-refractivity contribution in [2.75, 3.05) is 19.6 Å². The molecular weight excluding hydrogens is 302 g/mol. The van der Waals surface area contributed by atoms with Crippen LogP contribution in [0.5, 0.6) is 0 Å². The van der Waals surface area contributed by atoms with Crippen LogP contribution in [0.2, 0.25) is 0 Å². The summed E-state index contributed by atoms with van der Waals surface area (Å²) in [5.74, 6) is 0.118. The molecule has 132 valence electrons. The van der Waals surface area contributed by atoms with E-state index in [0.29, 0.717) is 26.1 Å². The summed E-state index contributed by atoms with van der Waals surface area (Å²) in [6.45, 7) is 7.99. The first-order valence-corrected chi connectivity index (χ1v) is 8.68. The second-order valence-corrected chi connectivity index (χ2v) is 7.53. The number of hydrogen-bond acceptors (Lipinski definition) is 3. The predicted octanol–water partition coefficient (Wildman–Crippen LogP) is 2.09. The van der Waals surface area contributed by atoms with Gasteiger partial charge in [-0.2, -0.15) is 0 Å². The van der Waals surface area contributed by atoms with Gasteiger partial charge in [0.1, 0.15) is 6.04 Å². The van der Waals surface area contributed by atoms with Gasteiger partial charge in [-0.05, 0) is 29.9 Å². The van der Waals surface area contributed by atoms with Gasteiger partial charge in [-0.3, -0.25) is 9.59 Å². The Balaban J connectivity index is 2.16. The van der Waals surface area contributed by atoms with E-state index in [1.807, 2.05) is 49.1 Å². The number of rotatable bonds is 6. The summed E-state index contributed by atoms with van der Waals surface area (Å²) in [6, 6.07) is 8.82.